The number of hydrogen-bond donors (Lipinski definition) is 1. The van der Waals surface area contributed by atoms with Crippen LogP contribution in [0.2, 0.25) is 0 Å². The molecular weight excluding hydrogens is 370 g/mol. The van der Waals surface area contributed by atoms with Gasteiger partial charge in [-0.15, -0.1) is 0 Å². The monoisotopic (exact) mass is 395 g/mol. The Morgan fingerprint density at radius 1 is 1.19 bits per heavy atom. The van der Waals surface area contributed by atoms with Crippen molar-refractivity contribution in [2.24, 2.45) is 0 Å². The van der Waals surface area contributed by atoms with Gasteiger partial charge in [-0.05, 0) is 26.0 Å². The van der Waals surface area contributed by atoms with Crippen LogP contribution in [0.5, 0.6) is 11.5 Å². The van der Waals surface area contributed by atoms with Gasteiger partial charge in [0, 0.05) is 23.4 Å². The van der Waals surface area contributed by atoms with Crippen molar-refractivity contribution < 1.29 is 13.7 Å². The van der Waals surface area contributed by atoms with Gasteiger partial charge in [-0.1, -0.05) is 7.43 Å². The number of benzene rings is 1. The maximum atomic E-state index is 12.7. The number of aryl methyl sites for hydroxylation is 1. The molecule has 26 heavy (non-hydrogen) atoms. The molecule has 2 heterocycles. The highest BCUT2D eigenvalue weighted by Gasteiger charge is 2.16. The SMILES string of the molecule is C.COc1ccc2nc(S(=O)Cc3ncc(C)c(OC)c3C)[nH]c2c1.S. The molecule has 0 fully saturated rings. The van der Waals surface area contributed by atoms with Crippen LogP contribution in [0.15, 0.2) is 29.6 Å². The van der Waals surface area contributed by atoms with Gasteiger partial charge in [-0.25, -0.2) is 4.98 Å². The topological polar surface area (TPSA) is 77.1 Å². The molecule has 0 saturated heterocycles. The largest absolute Gasteiger partial charge is 0.497 e. The zero-order valence-electron chi connectivity index (χ0n) is 14.5. The molecule has 0 aliphatic carbocycles. The van der Waals surface area contributed by atoms with Crippen LogP contribution < -0.4 is 9.47 Å². The van der Waals surface area contributed by atoms with Crippen LogP contribution in [0, 0.1) is 13.8 Å². The van der Waals surface area contributed by atoms with Crippen molar-refractivity contribution in [3.8, 4) is 11.5 Å². The minimum atomic E-state index is -1.33. The first-order valence-corrected chi connectivity index (χ1v) is 8.76. The molecule has 0 bridgehead atoms. The molecule has 0 spiro atoms. The van der Waals surface area contributed by atoms with E-state index in [0.29, 0.717) is 5.16 Å². The molecule has 3 aromatic rings. The van der Waals surface area contributed by atoms with Gasteiger partial charge in [-0.2, -0.15) is 13.5 Å². The molecule has 0 aliphatic rings. The van der Waals surface area contributed by atoms with Crippen LogP contribution in [0.25, 0.3) is 11.0 Å². The summed E-state index contributed by atoms with van der Waals surface area (Å²) in [5, 5.41) is 0.430. The van der Waals surface area contributed by atoms with Gasteiger partial charge < -0.3 is 14.5 Å². The van der Waals surface area contributed by atoms with Crippen molar-refractivity contribution >= 4 is 35.3 Å². The predicted molar refractivity (Wildman–Crippen MR) is 110 cm³/mol. The lowest BCUT2D eigenvalue weighted by atomic mass is 10.1. The van der Waals surface area contributed by atoms with E-state index < -0.39 is 10.8 Å². The summed E-state index contributed by atoms with van der Waals surface area (Å²) in [5.41, 5.74) is 4.16. The molecule has 3 rings (SSSR count). The number of methoxy groups -OCH3 is 2. The Bertz CT molecular complexity index is 925. The van der Waals surface area contributed by atoms with E-state index in [1.807, 2.05) is 32.0 Å². The number of aromatic amines is 1. The van der Waals surface area contributed by atoms with Gasteiger partial charge in [0.2, 0.25) is 0 Å². The van der Waals surface area contributed by atoms with Crippen molar-refractivity contribution in [1.82, 2.24) is 15.0 Å². The third kappa shape index (κ3) is 4.19. The molecule has 0 amide bonds. The average molecular weight is 396 g/mol. The van der Waals surface area contributed by atoms with Crippen molar-refractivity contribution in [1.29, 1.82) is 0 Å². The number of fused-ring (bicyclic) bond motifs is 1. The fourth-order valence-electron chi connectivity index (χ4n) is 2.61. The van der Waals surface area contributed by atoms with E-state index in [2.05, 4.69) is 15.0 Å². The Hall–Kier alpha value is -2.06. The molecule has 8 heteroatoms. The number of imidazole rings is 1. The Labute approximate surface area is 163 Å². The summed E-state index contributed by atoms with van der Waals surface area (Å²) >= 11 is 0. The minimum Gasteiger partial charge on any atom is -0.497 e. The third-order valence-corrected chi connectivity index (χ3v) is 5.06. The van der Waals surface area contributed by atoms with Gasteiger partial charge >= 0.3 is 0 Å². The summed E-state index contributed by atoms with van der Waals surface area (Å²) in [6.45, 7) is 3.86. The summed E-state index contributed by atoms with van der Waals surface area (Å²) in [6, 6.07) is 5.50. The molecule has 1 atom stereocenters. The Kier molecular flexibility index (Phi) is 7.65. The zero-order valence-corrected chi connectivity index (χ0v) is 16.4. The second kappa shape index (κ2) is 9.05. The number of aromatic nitrogens is 3. The van der Waals surface area contributed by atoms with Gasteiger partial charge in [0.25, 0.3) is 0 Å². The molecule has 0 aliphatic heterocycles. The van der Waals surface area contributed by atoms with Crippen molar-refractivity contribution in [2.45, 2.75) is 32.2 Å². The lowest BCUT2D eigenvalue weighted by molar-refractivity contribution is 0.407. The molecule has 6 nitrogen and oxygen atoms in total. The van der Waals surface area contributed by atoms with Crippen LogP contribution >= 0.6 is 13.5 Å². The first kappa shape index (κ1) is 22.0. The van der Waals surface area contributed by atoms with Crippen LogP contribution in [0.3, 0.4) is 0 Å². The maximum Gasteiger partial charge on any atom is 0.197 e. The first-order chi connectivity index (χ1) is 11.5. The standard InChI is InChI=1S/C17H19N3O3S.CH4.H2S/c1-10-8-18-15(11(2)16(10)23-4)9-24(21)17-19-13-6-5-12(22-3)7-14(13)20-17;;/h5-8H,9H2,1-4H3,(H,19,20);1H4;1H2. The number of ether oxygens (including phenoxy) is 2. The number of rotatable bonds is 5. The molecular formula is C18H25N3O3S2. The molecule has 0 radical (unpaired) electrons. The smallest absolute Gasteiger partial charge is 0.197 e. The average Bonchev–Trinajstić information content (AvgIpc) is 3.01. The minimum absolute atomic E-state index is 0. The zero-order chi connectivity index (χ0) is 17.3. The molecule has 142 valence electrons. The maximum absolute atomic E-state index is 12.7. The molecule has 0 saturated carbocycles. The highest BCUT2D eigenvalue weighted by molar-refractivity contribution is 7.84. The molecule has 1 aromatic carbocycles. The summed E-state index contributed by atoms with van der Waals surface area (Å²) in [7, 11) is 1.91. The van der Waals surface area contributed by atoms with E-state index in [1.54, 1.807) is 20.4 Å². The summed E-state index contributed by atoms with van der Waals surface area (Å²) in [5.74, 6) is 1.79. The normalized spacial score (nSPS) is 11.4. The number of H-pyrrole nitrogens is 1. The Morgan fingerprint density at radius 3 is 2.58 bits per heavy atom. The highest BCUT2D eigenvalue weighted by Crippen LogP contribution is 2.26. The van der Waals surface area contributed by atoms with E-state index in [0.717, 1.165) is 39.4 Å². The van der Waals surface area contributed by atoms with Crippen LogP contribution in [-0.4, -0.2) is 33.4 Å². The Morgan fingerprint density at radius 2 is 1.92 bits per heavy atom. The van der Waals surface area contributed by atoms with Crippen LogP contribution in [0.4, 0.5) is 0 Å². The van der Waals surface area contributed by atoms with Crippen LogP contribution in [0.1, 0.15) is 24.2 Å². The van der Waals surface area contributed by atoms with Gasteiger partial charge in [0.05, 0.1) is 47.5 Å². The second-order valence-electron chi connectivity index (χ2n) is 5.46. The number of nitrogens with one attached hydrogen (secondary N) is 1. The van der Waals surface area contributed by atoms with Crippen molar-refractivity contribution in [2.75, 3.05) is 14.2 Å². The van der Waals surface area contributed by atoms with E-state index in [-0.39, 0.29) is 26.7 Å². The lowest BCUT2D eigenvalue weighted by Crippen LogP contribution is -2.05. The fourth-order valence-corrected chi connectivity index (χ4v) is 3.71. The first-order valence-electron chi connectivity index (χ1n) is 7.44. The molecule has 2 aromatic heterocycles. The van der Waals surface area contributed by atoms with Crippen molar-refractivity contribution in [3.63, 3.8) is 0 Å². The number of hydrogen-bond acceptors (Lipinski definition) is 5. The van der Waals surface area contributed by atoms with E-state index in [9.17, 15) is 4.21 Å². The highest BCUT2D eigenvalue weighted by atomic mass is 32.2. The summed E-state index contributed by atoms with van der Waals surface area (Å²) < 4.78 is 23.3. The van der Waals surface area contributed by atoms with E-state index >= 15 is 0 Å². The molecule has 1 N–H and O–H groups in total. The third-order valence-electron chi connectivity index (χ3n) is 3.90. The second-order valence-corrected chi connectivity index (χ2v) is 6.83. The van der Waals surface area contributed by atoms with Gasteiger partial charge in [0.15, 0.2) is 5.16 Å². The number of pyridine rings is 1. The fraction of sp³-hybridized carbons (Fsp3) is 0.333. The molecule has 1 unspecified atom stereocenters. The lowest BCUT2D eigenvalue weighted by Gasteiger charge is -2.11. The predicted octanol–water partition coefficient (Wildman–Crippen LogP) is 3.65. The summed E-state index contributed by atoms with van der Waals surface area (Å²) in [4.78, 5) is 11.9. The Balaban J connectivity index is 0.00000169. The van der Waals surface area contributed by atoms with Crippen LogP contribution in [-0.2, 0) is 16.6 Å². The summed E-state index contributed by atoms with van der Waals surface area (Å²) in [6.07, 6.45) is 1.74. The van der Waals surface area contributed by atoms with Crippen molar-refractivity contribution in [3.05, 3.63) is 41.2 Å². The van der Waals surface area contributed by atoms with Gasteiger partial charge in [0.1, 0.15) is 11.5 Å². The van der Waals surface area contributed by atoms with E-state index in [1.165, 1.54) is 0 Å². The van der Waals surface area contributed by atoms with E-state index in [4.69, 9.17) is 9.47 Å². The quantitative estimate of drug-likeness (QED) is 0.713. The van der Waals surface area contributed by atoms with Gasteiger partial charge in [-0.3, -0.25) is 9.19 Å². The number of nitrogens with zero attached hydrogens (tertiary/aromatic N) is 2.